The zero-order chi connectivity index (χ0) is 31.2. The van der Waals surface area contributed by atoms with Gasteiger partial charge < -0.3 is 19.5 Å². The Hall–Kier alpha value is -4.00. The van der Waals surface area contributed by atoms with Crippen LogP contribution in [0.25, 0.3) is 17.3 Å². The van der Waals surface area contributed by atoms with Gasteiger partial charge in [0.15, 0.2) is 0 Å². The number of anilines is 2. The van der Waals surface area contributed by atoms with Gasteiger partial charge in [-0.3, -0.25) is 14.9 Å². The molecule has 12 heteroatoms. The molecule has 3 aromatic rings. The molecule has 2 aliphatic heterocycles. The Kier molecular flexibility index (Phi) is 8.08. The molecule has 11 nitrogen and oxygen atoms in total. The van der Waals surface area contributed by atoms with E-state index in [1.165, 1.54) is 4.31 Å². The van der Waals surface area contributed by atoms with Crippen molar-refractivity contribution in [2.45, 2.75) is 57.4 Å². The molecule has 1 N–H and O–H groups in total. The number of likely N-dealkylation sites (N-methyl/N-ethyl adjacent to an activating group) is 1. The van der Waals surface area contributed by atoms with Crippen LogP contribution in [0.5, 0.6) is 0 Å². The van der Waals surface area contributed by atoms with Crippen molar-refractivity contribution in [3.05, 3.63) is 75.1 Å². The SMILES string of the molecule is CCN1C(=O)C(=Cc2cc(C)n(-c3ccc(NC4CCCC4)c([N+](=O)[O-])c3)c2C)c2cc(S(=O)(=O)N3CCOCC3)ccc21. The number of rotatable bonds is 8. The molecule has 2 fully saturated rings. The fraction of sp³-hybridized carbons (Fsp3) is 0.406. The second kappa shape index (κ2) is 11.8. The maximum absolute atomic E-state index is 13.6. The number of nitro benzene ring substituents is 1. The molecule has 0 bridgehead atoms. The van der Waals surface area contributed by atoms with Gasteiger partial charge in [-0.1, -0.05) is 12.8 Å². The zero-order valence-corrected chi connectivity index (χ0v) is 26.0. The Morgan fingerprint density at radius 2 is 1.80 bits per heavy atom. The summed E-state index contributed by atoms with van der Waals surface area (Å²) in [4.78, 5) is 27.1. The summed E-state index contributed by atoms with van der Waals surface area (Å²) in [5, 5.41) is 15.4. The summed E-state index contributed by atoms with van der Waals surface area (Å²) in [5.41, 5.74) is 5.26. The lowest BCUT2D eigenvalue weighted by Crippen LogP contribution is -2.40. The molecule has 0 radical (unpaired) electrons. The van der Waals surface area contributed by atoms with Gasteiger partial charge in [-0.25, -0.2) is 8.42 Å². The highest BCUT2D eigenvalue weighted by Gasteiger charge is 2.35. The summed E-state index contributed by atoms with van der Waals surface area (Å²) in [6, 6.07) is 12.3. The van der Waals surface area contributed by atoms with Crippen LogP contribution in [-0.4, -0.2) is 67.0 Å². The number of amides is 1. The van der Waals surface area contributed by atoms with Crippen molar-refractivity contribution >= 4 is 44.6 Å². The molecule has 3 heterocycles. The molecule has 44 heavy (non-hydrogen) atoms. The Morgan fingerprint density at radius 1 is 1.07 bits per heavy atom. The summed E-state index contributed by atoms with van der Waals surface area (Å²) in [5.74, 6) is -0.203. The predicted molar refractivity (Wildman–Crippen MR) is 170 cm³/mol. The van der Waals surface area contributed by atoms with E-state index in [0.717, 1.165) is 42.6 Å². The van der Waals surface area contributed by atoms with Crippen LogP contribution < -0.4 is 10.2 Å². The number of hydrogen-bond donors (Lipinski definition) is 1. The largest absolute Gasteiger partial charge is 0.379 e. The molecule has 0 unspecified atom stereocenters. The minimum atomic E-state index is -3.76. The molecule has 0 spiro atoms. The predicted octanol–water partition coefficient (Wildman–Crippen LogP) is 5.28. The first-order valence-corrected chi connectivity index (χ1v) is 16.5. The van der Waals surface area contributed by atoms with Crippen LogP contribution in [0, 0.1) is 24.0 Å². The summed E-state index contributed by atoms with van der Waals surface area (Å²) in [6.45, 7) is 7.39. The number of hydrogen-bond acceptors (Lipinski definition) is 7. The number of carbonyl (C=O) groups is 1. The van der Waals surface area contributed by atoms with Gasteiger partial charge in [0.1, 0.15) is 5.69 Å². The van der Waals surface area contributed by atoms with Crippen LogP contribution in [0.15, 0.2) is 47.4 Å². The van der Waals surface area contributed by atoms with E-state index >= 15 is 0 Å². The van der Waals surface area contributed by atoms with Crippen molar-refractivity contribution < 1.29 is 22.9 Å². The van der Waals surface area contributed by atoms with E-state index in [9.17, 15) is 23.3 Å². The van der Waals surface area contributed by atoms with Crippen molar-refractivity contribution in [2.24, 2.45) is 0 Å². The van der Waals surface area contributed by atoms with E-state index in [-0.39, 0.29) is 40.5 Å². The molecule has 1 aromatic heterocycles. The van der Waals surface area contributed by atoms with Crippen LogP contribution in [0.4, 0.5) is 17.1 Å². The fourth-order valence-corrected chi connectivity index (χ4v) is 8.03. The molecular weight excluding hydrogens is 582 g/mol. The Morgan fingerprint density at radius 3 is 2.48 bits per heavy atom. The van der Waals surface area contributed by atoms with E-state index in [0.29, 0.717) is 48.0 Å². The van der Waals surface area contributed by atoms with Crippen molar-refractivity contribution in [1.29, 1.82) is 0 Å². The highest BCUT2D eigenvalue weighted by atomic mass is 32.2. The van der Waals surface area contributed by atoms with E-state index < -0.39 is 10.0 Å². The maximum Gasteiger partial charge on any atom is 0.294 e. The second-order valence-electron chi connectivity index (χ2n) is 11.5. The smallest absolute Gasteiger partial charge is 0.294 e. The number of ether oxygens (including phenoxy) is 1. The molecular formula is C32H37N5O6S. The zero-order valence-electron chi connectivity index (χ0n) is 25.2. The molecule has 3 aliphatic rings. The van der Waals surface area contributed by atoms with E-state index in [1.54, 1.807) is 41.3 Å². The number of fused-ring (bicyclic) bond motifs is 1. The fourth-order valence-electron chi connectivity index (χ4n) is 6.60. The number of carbonyl (C=O) groups excluding carboxylic acids is 1. The van der Waals surface area contributed by atoms with Gasteiger partial charge in [0.2, 0.25) is 10.0 Å². The van der Waals surface area contributed by atoms with Gasteiger partial charge in [-0.2, -0.15) is 4.31 Å². The monoisotopic (exact) mass is 619 g/mol. The van der Waals surface area contributed by atoms with E-state index in [4.69, 9.17) is 4.74 Å². The molecule has 2 aromatic carbocycles. The third kappa shape index (κ3) is 5.31. The van der Waals surface area contributed by atoms with Gasteiger partial charge in [-0.15, -0.1) is 0 Å². The molecule has 0 atom stereocenters. The number of nitro groups is 1. The second-order valence-corrected chi connectivity index (χ2v) is 13.5. The van der Waals surface area contributed by atoms with Gasteiger partial charge in [-0.05, 0) is 81.7 Å². The Balaban J connectivity index is 1.38. The van der Waals surface area contributed by atoms with Gasteiger partial charge in [0.05, 0.1) is 34.4 Å². The first-order valence-electron chi connectivity index (χ1n) is 15.1. The third-order valence-electron chi connectivity index (χ3n) is 8.87. The van der Waals surface area contributed by atoms with Crippen molar-refractivity contribution in [3.8, 4) is 5.69 Å². The maximum atomic E-state index is 13.6. The van der Waals surface area contributed by atoms with Crippen LogP contribution in [0.3, 0.4) is 0 Å². The van der Waals surface area contributed by atoms with Crippen LogP contribution in [0.1, 0.15) is 55.1 Å². The molecule has 1 amide bonds. The average Bonchev–Trinajstić information content (AvgIpc) is 3.70. The van der Waals surface area contributed by atoms with Crippen LogP contribution >= 0.6 is 0 Å². The standard InChI is InChI=1S/C32H37N5O6S/c1-4-35-30-12-10-26(44(41,42)34-13-15-43-16-14-34)20-27(30)28(32(35)38)18-23-17-21(2)36(22(23)3)25-9-11-29(31(19-25)37(39)40)33-24-7-5-6-8-24/h9-12,17-20,24,33H,4-8,13-16H2,1-3H3. The van der Waals surface area contributed by atoms with Crippen molar-refractivity contribution in [2.75, 3.05) is 43.1 Å². The normalized spacial score (nSPS) is 18.8. The van der Waals surface area contributed by atoms with Gasteiger partial charge >= 0.3 is 0 Å². The van der Waals surface area contributed by atoms with Gasteiger partial charge in [0.25, 0.3) is 11.6 Å². The molecule has 1 saturated heterocycles. The number of aryl methyl sites for hydroxylation is 1. The topological polar surface area (TPSA) is 127 Å². The lowest BCUT2D eigenvalue weighted by molar-refractivity contribution is -0.384. The van der Waals surface area contributed by atoms with Crippen molar-refractivity contribution in [1.82, 2.24) is 8.87 Å². The number of aromatic nitrogens is 1. The number of nitrogens with zero attached hydrogens (tertiary/aromatic N) is 4. The number of nitrogens with one attached hydrogen (secondary N) is 1. The van der Waals surface area contributed by atoms with E-state index in [1.807, 2.05) is 37.5 Å². The summed E-state index contributed by atoms with van der Waals surface area (Å²) in [7, 11) is -3.76. The number of sulfonamides is 1. The van der Waals surface area contributed by atoms with Gasteiger partial charge in [0, 0.05) is 54.3 Å². The summed E-state index contributed by atoms with van der Waals surface area (Å²) < 4.78 is 35.6. The van der Waals surface area contributed by atoms with Crippen LogP contribution in [-0.2, 0) is 19.6 Å². The Bertz CT molecular complexity index is 1770. The molecule has 1 saturated carbocycles. The van der Waals surface area contributed by atoms with Crippen molar-refractivity contribution in [3.63, 3.8) is 0 Å². The highest BCUT2D eigenvalue weighted by Crippen LogP contribution is 2.40. The minimum absolute atomic E-state index is 0.0225. The third-order valence-corrected chi connectivity index (χ3v) is 10.8. The minimum Gasteiger partial charge on any atom is -0.379 e. The Labute approximate surface area is 257 Å². The lowest BCUT2D eigenvalue weighted by atomic mass is 10.0. The first kappa shape index (κ1) is 30.0. The number of benzene rings is 2. The lowest BCUT2D eigenvalue weighted by Gasteiger charge is -2.26. The highest BCUT2D eigenvalue weighted by molar-refractivity contribution is 7.89. The molecule has 1 aliphatic carbocycles. The van der Waals surface area contributed by atoms with Crippen LogP contribution in [0.2, 0.25) is 0 Å². The summed E-state index contributed by atoms with van der Waals surface area (Å²) in [6.07, 6.45) is 6.05. The first-order chi connectivity index (χ1) is 21.1. The molecule has 6 rings (SSSR count). The number of morpholine rings is 1. The van der Waals surface area contributed by atoms with E-state index in [2.05, 4.69) is 5.32 Å². The average molecular weight is 620 g/mol. The molecule has 232 valence electrons. The quantitative estimate of drug-likeness (QED) is 0.206. The summed E-state index contributed by atoms with van der Waals surface area (Å²) >= 11 is 0.